The number of rotatable bonds is 4. The molecule has 0 rings (SSSR count). The van der Waals surface area contributed by atoms with Crippen molar-refractivity contribution in [2.45, 2.75) is 53.6 Å². The van der Waals surface area contributed by atoms with Crippen molar-refractivity contribution in [2.24, 2.45) is 5.92 Å². The lowest BCUT2D eigenvalue weighted by molar-refractivity contribution is 0.172. The second-order valence-electron chi connectivity index (χ2n) is 4.74. The molecule has 0 spiro atoms. The van der Waals surface area contributed by atoms with Crippen LogP contribution in [0.4, 0.5) is 4.79 Å². The zero-order valence-corrected chi connectivity index (χ0v) is 10.3. The Kier molecular flexibility index (Phi) is 5.58. The molecule has 3 heteroatoms. The van der Waals surface area contributed by atoms with Crippen molar-refractivity contribution in [2.75, 3.05) is 6.54 Å². The molecule has 0 aromatic carbocycles. The molecule has 0 aromatic heterocycles. The van der Waals surface area contributed by atoms with Crippen molar-refractivity contribution in [1.29, 1.82) is 0 Å². The van der Waals surface area contributed by atoms with E-state index >= 15 is 0 Å². The molecule has 0 unspecified atom stereocenters. The fourth-order valence-electron chi connectivity index (χ4n) is 1.25. The lowest BCUT2D eigenvalue weighted by atomic mass is 10.2. The largest absolute Gasteiger partial charge is 0.336 e. The Morgan fingerprint density at radius 3 is 1.93 bits per heavy atom. The van der Waals surface area contributed by atoms with Gasteiger partial charge in [-0.2, -0.15) is 0 Å². The van der Waals surface area contributed by atoms with E-state index < -0.39 is 0 Å². The SMILES string of the molecule is CC(C)CN(C(=O)NC(C)C)C(C)C. The number of hydrogen-bond acceptors (Lipinski definition) is 1. The maximum absolute atomic E-state index is 11.7. The van der Waals surface area contributed by atoms with Crippen LogP contribution >= 0.6 is 0 Å². The van der Waals surface area contributed by atoms with Crippen molar-refractivity contribution in [3.8, 4) is 0 Å². The monoisotopic (exact) mass is 200 g/mol. The molecule has 0 saturated heterocycles. The van der Waals surface area contributed by atoms with Crippen LogP contribution in [0.3, 0.4) is 0 Å². The standard InChI is InChI=1S/C11H24N2O/c1-8(2)7-13(10(5)6)11(14)12-9(3)4/h8-10H,7H2,1-6H3,(H,12,14). The van der Waals surface area contributed by atoms with Crippen LogP contribution in [-0.4, -0.2) is 29.6 Å². The summed E-state index contributed by atoms with van der Waals surface area (Å²) in [6, 6.07) is 0.510. The predicted octanol–water partition coefficient (Wildman–Crippen LogP) is 2.47. The van der Waals surface area contributed by atoms with E-state index in [1.807, 2.05) is 32.6 Å². The van der Waals surface area contributed by atoms with Crippen molar-refractivity contribution in [3.05, 3.63) is 0 Å². The summed E-state index contributed by atoms with van der Waals surface area (Å²) in [5, 5.41) is 2.92. The highest BCUT2D eigenvalue weighted by Crippen LogP contribution is 2.04. The van der Waals surface area contributed by atoms with Crippen LogP contribution in [0.25, 0.3) is 0 Å². The van der Waals surface area contributed by atoms with Crippen molar-refractivity contribution < 1.29 is 4.79 Å². The van der Waals surface area contributed by atoms with Crippen LogP contribution in [0.2, 0.25) is 0 Å². The summed E-state index contributed by atoms with van der Waals surface area (Å²) < 4.78 is 0. The normalized spacial score (nSPS) is 11.2. The first-order chi connectivity index (χ1) is 6.34. The minimum absolute atomic E-state index is 0.0451. The third-order valence-corrected chi connectivity index (χ3v) is 1.86. The summed E-state index contributed by atoms with van der Waals surface area (Å²) in [4.78, 5) is 13.6. The topological polar surface area (TPSA) is 32.3 Å². The Labute approximate surface area is 87.9 Å². The molecule has 2 amide bonds. The molecule has 14 heavy (non-hydrogen) atoms. The maximum Gasteiger partial charge on any atom is 0.317 e. The van der Waals surface area contributed by atoms with Gasteiger partial charge in [0.25, 0.3) is 0 Å². The molecule has 0 aliphatic heterocycles. The number of nitrogens with zero attached hydrogens (tertiary/aromatic N) is 1. The molecule has 0 aliphatic carbocycles. The van der Waals surface area contributed by atoms with Gasteiger partial charge in [-0.3, -0.25) is 0 Å². The van der Waals surface area contributed by atoms with Crippen LogP contribution in [0.1, 0.15) is 41.5 Å². The van der Waals surface area contributed by atoms with Gasteiger partial charge in [-0.15, -0.1) is 0 Å². The van der Waals surface area contributed by atoms with Gasteiger partial charge in [-0.1, -0.05) is 13.8 Å². The Balaban J connectivity index is 4.26. The van der Waals surface area contributed by atoms with Gasteiger partial charge in [0.2, 0.25) is 0 Å². The molecule has 1 N–H and O–H groups in total. The second-order valence-corrected chi connectivity index (χ2v) is 4.74. The van der Waals surface area contributed by atoms with Crippen LogP contribution in [-0.2, 0) is 0 Å². The van der Waals surface area contributed by atoms with Crippen LogP contribution in [0.5, 0.6) is 0 Å². The molecule has 3 nitrogen and oxygen atoms in total. The number of hydrogen-bond donors (Lipinski definition) is 1. The van der Waals surface area contributed by atoms with Gasteiger partial charge in [0.05, 0.1) is 0 Å². The van der Waals surface area contributed by atoms with Crippen molar-refractivity contribution in [1.82, 2.24) is 10.2 Å². The van der Waals surface area contributed by atoms with E-state index in [-0.39, 0.29) is 18.1 Å². The summed E-state index contributed by atoms with van der Waals surface area (Å²) in [5.41, 5.74) is 0. The van der Waals surface area contributed by atoms with Gasteiger partial charge < -0.3 is 10.2 Å². The highest BCUT2D eigenvalue weighted by molar-refractivity contribution is 5.74. The smallest absolute Gasteiger partial charge is 0.317 e. The molecular weight excluding hydrogens is 176 g/mol. The summed E-state index contributed by atoms with van der Waals surface area (Å²) in [6.07, 6.45) is 0. The third kappa shape index (κ3) is 5.10. The third-order valence-electron chi connectivity index (χ3n) is 1.86. The molecule has 0 heterocycles. The molecule has 0 atom stereocenters. The van der Waals surface area contributed by atoms with Gasteiger partial charge in [-0.05, 0) is 33.6 Å². The van der Waals surface area contributed by atoms with Gasteiger partial charge in [0.15, 0.2) is 0 Å². The van der Waals surface area contributed by atoms with E-state index in [9.17, 15) is 4.79 Å². The Morgan fingerprint density at radius 1 is 1.14 bits per heavy atom. The Morgan fingerprint density at radius 2 is 1.64 bits per heavy atom. The number of carbonyl (C=O) groups excluding carboxylic acids is 1. The van der Waals surface area contributed by atoms with E-state index in [0.29, 0.717) is 5.92 Å². The fourth-order valence-corrected chi connectivity index (χ4v) is 1.25. The second kappa shape index (κ2) is 5.89. The van der Waals surface area contributed by atoms with E-state index in [1.165, 1.54) is 0 Å². The number of urea groups is 1. The minimum Gasteiger partial charge on any atom is -0.336 e. The molecule has 0 aromatic rings. The van der Waals surface area contributed by atoms with Crippen molar-refractivity contribution >= 4 is 6.03 Å². The summed E-state index contributed by atoms with van der Waals surface area (Å²) >= 11 is 0. The summed E-state index contributed by atoms with van der Waals surface area (Å²) in [5.74, 6) is 0.510. The molecule has 0 radical (unpaired) electrons. The Bertz CT molecular complexity index is 176. The van der Waals surface area contributed by atoms with E-state index in [1.54, 1.807) is 0 Å². The van der Waals surface area contributed by atoms with Crippen LogP contribution in [0.15, 0.2) is 0 Å². The lowest BCUT2D eigenvalue weighted by Gasteiger charge is -2.29. The van der Waals surface area contributed by atoms with Crippen LogP contribution < -0.4 is 5.32 Å². The summed E-state index contributed by atoms with van der Waals surface area (Å²) in [6.45, 7) is 13.1. The van der Waals surface area contributed by atoms with E-state index in [2.05, 4.69) is 19.2 Å². The highest BCUT2D eigenvalue weighted by Gasteiger charge is 2.17. The van der Waals surface area contributed by atoms with Crippen LogP contribution in [0, 0.1) is 5.92 Å². The number of nitrogens with one attached hydrogen (secondary N) is 1. The zero-order valence-electron chi connectivity index (χ0n) is 10.3. The van der Waals surface area contributed by atoms with E-state index in [0.717, 1.165) is 6.54 Å². The first-order valence-electron chi connectivity index (χ1n) is 5.41. The average molecular weight is 200 g/mol. The zero-order chi connectivity index (χ0) is 11.3. The average Bonchev–Trinajstić information content (AvgIpc) is 1.97. The first-order valence-corrected chi connectivity index (χ1v) is 5.41. The van der Waals surface area contributed by atoms with E-state index in [4.69, 9.17) is 0 Å². The molecule has 0 aliphatic rings. The Hall–Kier alpha value is -0.730. The lowest BCUT2D eigenvalue weighted by Crippen LogP contribution is -2.47. The fraction of sp³-hybridized carbons (Fsp3) is 0.909. The number of carbonyl (C=O) groups is 1. The van der Waals surface area contributed by atoms with Gasteiger partial charge in [-0.25, -0.2) is 4.79 Å². The quantitative estimate of drug-likeness (QED) is 0.743. The van der Waals surface area contributed by atoms with Gasteiger partial charge in [0, 0.05) is 18.6 Å². The molecule has 0 bridgehead atoms. The molecular formula is C11H24N2O. The minimum atomic E-state index is 0.0451. The molecule has 0 saturated carbocycles. The van der Waals surface area contributed by atoms with Gasteiger partial charge >= 0.3 is 6.03 Å². The first kappa shape index (κ1) is 13.3. The predicted molar refractivity (Wildman–Crippen MR) is 60.3 cm³/mol. The highest BCUT2D eigenvalue weighted by atomic mass is 16.2. The maximum atomic E-state index is 11.7. The summed E-state index contributed by atoms with van der Waals surface area (Å²) in [7, 11) is 0. The molecule has 84 valence electrons. The van der Waals surface area contributed by atoms with Gasteiger partial charge in [0.1, 0.15) is 0 Å². The molecule has 0 fully saturated rings. The van der Waals surface area contributed by atoms with Crippen molar-refractivity contribution in [3.63, 3.8) is 0 Å². The number of amides is 2.